The van der Waals surface area contributed by atoms with Gasteiger partial charge in [-0.1, -0.05) is 0 Å². The number of ketones is 1. The lowest BCUT2D eigenvalue weighted by atomic mass is 9.63. The Morgan fingerprint density at radius 2 is 1.73 bits per heavy atom. The second-order valence-electron chi connectivity index (χ2n) is 5.91. The Bertz CT molecular complexity index is 914. The number of carbonyl (C=O) groups is 2. The molecule has 0 aliphatic heterocycles. The lowest BCUT2D eigenvalue weighted by molar-refractivity contribution is -0.114. The fourth-order valence-corrected chi connectivity index (χ4v) is 3.07. The fraction of sp³-hybridized carbons (Fsp3) is 0.278. The van der Waals surface area contributed by atoms with Crippen molar-refractivity contribution in [2.45, 2.75) is 12.8 Å². The molecule has 0 saturated carbocycles. The standard InChI is InChI=1S/C18H15N5O3/c1-26-12-4-2-11(3-5-12)14(24)7-18(10-21)15(22)13(16(23)25)6-17(18,8-19)9-20/h2-5H,6-7,22H2,1H3,(H2,23,25). The number of rotatable bonds is 5. The summed E-state index contributed by atoms with van der Waals surface area (Å²) >= 11 is 0. The Morgan fingerprint density at radius 3 is 2.15 bits per heavy atom. The van der Waals surface area contributed by atoms with Gasteiger partial charge in [0.1, 0.15) is 11.2 Å². The Labute approximate surface area is 149 Å². The number of hydrogen-bond donors (Lipinski definition) is 2. The third kappa shape index (κ3) is 2.53. The Kier molecular flexibility index (Phi) is 4.69. The minimum Gasteiger partial charge on any atom is -0.497 e. The van der Waals surface area contributed by atoms with Gasteiger partial charge in [0.25, 0.3) is 0 Å². The van der Waals surface area contributed by atoms with Crippen LogP contribution in [0, 0.1) is 44.8 Å². The number of Topliss-reactive ketones (excluding diaryl/α,β-unsaturated/α-hetero) is 1. The van der Waals surface area contributed by atoms with Gasteiger partial charge in [0.2, 0.25) is 5.91 Å². The molecule has 0 bridgehead atoms. The molecule has 1 aliphatic rings. The Balaban J connectivity index is 2.55. The number of carbonyl (C=O) groups excluding carboxylic acids is 2. The van der Waals surface area contributed by atoms with Crippen LogP contribution < -0.4 is 16.2 Å². The van der Waals surface area contributed by atoms with Crippen molar-refractivity contribution in [1.82, 2.24) is 0 Å². The number of primary amides is 1. The van der Waals surface area contributed by atoms with E-state index < -0.39 is 35.4 Å². The molecule has 1 unspecified atom stereocenters. The van der Waals surface area contributed by atoms with Gasteiger partial charge < -0.3 is 16.2 Å². The number of ether oxygens (including phenoxy) is 1. The molecule has 8 heteroatoms. The number of nitrogens with zero attached hydrogens (tertiary/aromatic N) is 3. The molecule has 1 aromatic carbocycles. The predicted octanol–water partition coefficient (Wildman–Crippen LogP) is 0.913. The maximum absolute atomic E-state index is 12.7. The molecule has 8 nitrogen and oxygen atoms in total. The van der Waals surface area contributed by atoms with Gasteiger partial charge in [-0.25, -0.2) is 0 Å². The van der Waals surface area contributed by atoms with Gasteiger partial charge in [0.05, 0.1) is 25.3 Å². The van der Waals surface area contributed by atoms with E-state index in [4.69, 9.17) is 16.2 Å². The van der Waals surface area contributed by atoms with Gasteiger partial charge in [0.15, 0.2) is 11.2 Å². The van der Waals surface area contributed by atoms with Gasteiger partial charge >= 0.3 is 0 Å². The van der Waals surface area contributed by atoms with Crippen molar-refractivity contribution in [3.05, 3.63) is 41.1 Å². The van der Waals surface area contributed by atoms with Crippen LogP contribution in [-0.2, 0) is 4.79 Å². The highest BCUT2D eigenvalue weighted by atomic mass is 16.5. The number of methoxy groups -OCH3 is 1. The van der Waals surface area contributed by atoms with Crippen LogP contribution in [0.4, 0.5) is 0 Å². The Hall–Kier alpha value is -3.83. The first-order valence-electron chi connectivity index (χ1n) is 7.50. The molecule has 1 aliphatic carbocycles. The highest BCUT2D eigenvalue weighted by Gasteiger charge is 2.62. The summed E-state index contributed by atoms with van der Waals surface area (Å²) < 4.78 is 5.02. The van der Waals surface area contributed by atoms with Gasteiger partial charge in [-0.2, -0.15) is 15.8 Å². The van der Waals surface area contributed by atoms with E-state index in [1.807, 2.05) is 6.07 Å². The summed E-state index contributed by atoms with van der Waals surface area (Å²) in [4.78, 5) is 24.3. The smallest absolute Gasteiger partial charge is 0.246 e. The van der Waals surface area contributed by atoms with Crippen LogP contribution in [0.1, 0.15) is 23.2 Å². The highest BCUT2D eigenvalue weighted by Crippen LogP contribution is 2.55. The summed E-state index contributed by atoms with van der Waals surface area (Å²) in [5.74, 6) is -0.889. The zero-order valence-electron chi connectivity index (χ0n) is 13.9. The molecule has 0 spiro atoms. The average Bonchev–Trinajstić information content (AvgIpc) is 2.91. The van der Waals surface area contributed by atoms with Crippen molar-refractivity contribution in [3.63, 3.8) is 0 Å². The van der Waals surface area contributed by atoms with Crippen molar-refractivity contribution in [2.24, 2.45) is 22.3 Å². The van der Waals surface area contributed by atoms with Crippen molar-refractivity contribution < 1.29 is 14.3 Å². The van der Waals surface area contributed by atoms with E-state index in [0.717, 1.165) is 0 Å². The molecule has 2 rings (SSSR count). The first-order chi connectivity index (χ1) is 12.3. The van der Waals surface area contributed by atoms with Crippen molar-refractivity contribution in [1.29, 1.82) is 15.8 Å². The minimum absolute atomic E-state index is 0.169. The van der Waals surface area contributed by atoms with Crippen LogP contribution in [0.15, 0.2) is 35.5 Å². The van der Waals surface area contributed by atoms with Crippen molar-refractivity contribution in [2.75, 3.05) is 7.11 Å². The molecule has 0 radical (unpaired) electrons. The third-order valence-electron chi connectivity index (χ3n) is 4.66. The van der Waals surface area contributed by atoms with Crippen LogP contribution in [0.5, 0.6) is 5.75 Å². The molecule has 26 heavy (non-hydrogen) atoms. The van der Waals surface area contributed by atoms with E-state index in [9.17, 15) is 25.4 Å². The average molecular weight is 349 g/mol. The van der Waals surface area contributed by atoms with Gasteiger partial charge in [-0.3, -0.25) is 9.59 Å². The van der Waals surface area contributed by atoms with Crippen molar-refractivity contribution >= 4 is 11.7 Å². The zero-order valence-corrected chi connectivity index (χ0v) is 13.9. The van der Waals surface area contributed by atoms with E-state index in [2.05, 4.69) is 0 Å². The van der Waals surface area contributed by atoms with Crippen LogP contribution in [0.2, 0.25) is 0 Å². The molecule has 1 amide bonds. The van der Waals surface area contributed by atoms with E-state index in [1.54, 1.807) is 24.3 Å². The second-order valence-corrected chi connectivity index (χ2v) is 5.91. The molecule has 0 fully saturated rings. The van der Waals surface area contributed by atoms with E-state index in [0.29, 0.717) is 5.75 Å². The first kappa shape index (κ1) is 18.5. The van der Waals surface area contributed by atoms with Crippen LogP contribution >= 0.6 is 0 Å². The summed E-state index contributed by atoms with van der Waals surface area (Å²) in [5.41, 5.74) is 7.07. The van der Waals surface area contributed by atoms with E-state index in [1.165, 1.54) is 19.2 Å². The van der Waals surface area contributed by atoms with Crippen LogP contribution in [0.3, 0.4) is 0 Å². The molecule has 1 aromatic rings. The molecular formula is C18H15N5O3. The van der Waals surface area contributed by atoms with Gasteiger partial charge in [-0.15, -0.1) is 0 Å². The van der Waals surface area contributed by atoms with Crippen LogP contribution in [-0.4, -0.2) is 18.8 Å². The second kappa shape index (κ2) is 6.58. The third-order valence-corrected chi connectivity index (χ3v) is 4.66. The highest BCUT2D eigenvalue weighted by molar-refractivity contribution is 5.99. The summed E-state index contributed by atoms with van der Waals surface area (Å²) in [5, 5.41) is 28.9. The first-order valence-corrected chi connectivity index (χ1v) is 7.50. The summed E-state index contributed by atoms with van der Waals surface area (Å²) in [6, 6.07) is 11.5. The SMILES string of the molecule is COc1ccc(C(=O)CC2(C#N)C(N)=C(C(N)=O)CC2(C#N)C#N)cc1. The van der Waals surface area contributed by atoms with Gasteiger partial charge in [0, 0.05) is 29.7 Å². The lowest BCUT2D eigenvalue weighted by Gasteiger charge is -2.31. The van der Waals surface area contributed by atoms with Gasteiger partial charge in [-0.05, 0) is 24.3 Å². The molecule has 1 atom stereocenters. The van der Waals surface area contributed by atoms with Crippen molar-refractivity contribution in [3.8, 4) is 24.0 Å². The monoisotopic (exact) mass is 349 g/mol. The molecule has 4 N–H and O–H groups in total. The number of benzene rings is 1. The van der Waals surface area contributed by atoms with E-state index in [-0.39, 0.29) is 16.8 Å². The minimum atomic E-state index is -1.97. The molecular weight excluding hydrogens is 334 g/mol. The van der Waals surface area contributed by atoms with E-state index >= 15 is 0 Å². The number of allylic oxidation sites excluding steroid dienone is 1. The quantitative estimate of drug-likeness (QED) is 0.745. The van der Waals surface area contributed by atoms with Crippen LogP contribution in [0.25, 0.3) is 0 Å². The fourth-order valence-electron chi connectivity index (χ4n) is 3.07. The number of nitriles is 3. The summed E-state index contributed by atoms with van der Waals surface area (Å²) in [7, 11) is 1.48. The summed E-state index contributed by atoms with van der Waals surface area (Å²) in [6.45, 7) is 0. The summed E-state index contributed by atoms with van der Waals surface area (Å²) in [6.07, 6.45) is -0.926. The normalized spacial score (nSPS) is 20.5. The number of hydrogen-bond acceptors (Lipinski definition) is 7. The molecule has 130 valence electrons. The molecule has 0 heterocycles. The zero-order chi connectivity index (χ0) is 19.5. The molecule has 0 aromatic heterocycles. The Morgan fingerprint density at radius 1 is 1.15 bits per heavy atom. The maximum atomic E-state index is 12.7. The number of nitrogens with two attached hydrogens (primary N) is 2. The largest absolute Gasteiger partial charge is 0.497 e. The molecule has 0 saturated heterocycles. The topological polar surface area (TPSA) is 167 Å². The maximum Gasteiger partial charge on any atom is 0.246 e. The number of amides is 1. The lowest BCUT2D eigenvalue weighted by Crippen LogP contribution is -2.41. The predicted molar refractivity (Wildman–Crippen MR) is 88.7 cm³/mol.